The van der Waals surface area contributed by atoms with Gasteiger partial charge >= 0.3 is 0 Å². The zero-order valence-electron chi connectivity index (χ0n) is 4.02. The predicted octanol–water partition coefficient (Wildman–Crippen LogP) is 0.336. The van der Waals surface area contributed by atoms with E-state index in [1.807, 2.05) is 6.08 Å². The molecule has 0 saturated heterocycles. The van der Waals surface area contributed by atoms with Crippen molar-refractivity contribution in [3.63, 3.8) is 0 Å². The van der Waals surface area contributed by atoms with Gasteiger partial charge in [0, 0.05) is 12.2 Å². The first-order valence-corrected chi connectivity index (χ1v) is 2.17. The fourth-order valence-electron chi connectivity index (χ4n) is 0.411. The van der Waals surface area contributed by atoms with Crippen LogP contribution in [0.4, 0.5) is 0 Å². The van der Waals surface area contributed by atoms with Gasteiger partial charge in [0.1, 0.15) is 0 Å². The summed E-state index contributed by atoms with van der Waals surface area (Å²) < 4.78 is 0. The molecule has 1 heterocycles. The lowest BCUT2D eigenvalue weighted by Gasteiger charge is -1.99. The molecule has 0 bridgehead atoms. The van der Waals surface area contributed by atoms with Crippen molar-refractivity contribution in [3.8, 4) is 0 Å². The van der Waals surface area contributed by atoms with Crippen molar-refractivity contribution in [2.45, 2.75) is 0 Å². The summed E-state index contributed by atoms with van der Waals surface area (Å²) in [4.78, 5) is 3.84. The topological polar surface area (TPSA) is 24.4 Å². The first-order chi connectivity index (χ1) is 3.39. The number of allylic oxidation sites excluding steroid dienone is 1. The Morgan fingerprint density at radius 2 is 2.71 bits per heavy atom. The van der Waals surface area contributed by atoms with E-state index in [0.29, 0.717) is 0 Å². The fourth-order valence-corrected chi connectivity index (χ4v) is 0.411. The average Bonchev–Trinajstić information content (AvgIpc) is 1.69. The van der Waals surface area contributed by atoms with Gasteiger partial charge in [-0.05, 0) is 13.0 Å². The van der Waals surface area contributed by atoms with Crippen LogP contribution in [0.25, 0.3) is 0 Å². The molecule has 1 rings (SSSR count). The van der Waals surface area contributed by atoms with Crippen LogP contribution in [0.5, 0.6) is 0 Å². The van der Waals surface area contributed by atoms with E-state index in [-0.39, 0.29) is 0 Å². The number of hydrogen-bond donors (Lipinski definition) is 1. The molecule has 1 aliphatic rings. The van der Waals surface area contributed by atoms with Crippen molar-refractivity contribution in [1.82, 2.24) is 5.32 Å². The molecule has 0 unspecified atom stereocenters. The number of aliphatic imine (C=N–C) groups is 1. The monoisotopic (exact) mass is 95.1 g/mol. The summed E-state index contributed by atoms with van der Waals surface area (Å²) in [6.45, 7) is 4.48. The largest absolute Gasteiger partial charge is 0.373 e. The minimum Gasteiger partial charge on any atom is -0.373 e. The van der Waals surface area contributed by atoms with E-state index in [1.54, 1.807) is 6.34 Å². The van der Waals surface area contributed by atoms with Crippen LogP contribution in [0.2, 0.25) is 0 Å². The van der Waals surface area contributed by atoms with Gasteiger partial charge in [-0.1, -0.05) is 0 Å². The van der Waals surface area contributed by atoms with Crippen molar-refractivity contribution < 1.29 is 0 Å². The first-order valence-electron chi connectivity index (χ1n) is 2.17. The molecular weight excluding hydrogens is 88.1 g/mol. The summed E-state index contributed by atoms with van der Waals surface area (Å²) in [5.74, 6) is 0. The second-order valence-electron chi connectivity index (χ2n) is 1.36. The maximum atomic E-state index is 3.84. The minimum atomic E-state index is 0.846. The van der Waals surface area contributed by atoms with E-state index in [2.05, 4.69) is 17.2 Å². The van der Waals surface area contributed by atoms with Gasteiger partial charge < -0.3 is 5.32 Å². The zero-order chi connectivity index (χ0) is 5.11. The Balaban J connectivity index is 2.58. The van der Waals surface area contributed by atoms with Crippen LogP contribution in [0, 0.1) is 6.92 Å². The van der Waals surface area contributed by atoms with Crippen molar-refractivity contribution in [1.29, 1.82) is 0 Å². The van der Waals surface area contributed by atoms with Crippen LogP contribution in [-0.2, 0) is 0 Å². The summed E-state index contributed by atoms with van der Waals surface area (Å²) in [7, 11) is 0. The summed E-state index contributed by atoms with van der Waals surface area (Å²) in [6.07, 6.45) is 3.59. The summed E-state index contributed by atoms with van der Waals surface area (Å²) in [5.41, 5.74) is 0.846. The number of hydrogen-bond acceptors (Lipinski definition) is 2. The van der Waals surface area contributed by atoms with Crippen LogP contribution in [0.1, 0.15) is 0 Å². The molecular formula is C5H7N2. The maximum absolute atomic E-state index is 3.84. The average molecular weight is 95.1 g/mol. The molecule has 0 spiro atoms. The zero-order valence-corrected chi connectivity index (χ0v) is 4.02. The van der Waals surface area contributed by atoms with Gasteiger partial charge in [0.05, 0.1) is 6.34 Å². The van der Waals surface area contributed by atoms with Crippen LogP contribution < -0.4 is 5.32 Å². The molecule has 0 amide bonds. The fraction of sp³-hybridized carbons (Fsp3) is 0.200. The molecule has 0 aromatic heterocycles. The van der Waals surface area contributed by atoms with Gasteiger partial charge in [-0.15, -0.1) is 0 Å². The molecule has 2 nitrogen and oxygen atoms in total. The van der Waals surface area contributed by atoms with E-state index < -0.39 is 0 Å². The van der Waals surface area contributed by atoms with E-state index in [9.17, 15) is 0 Å². The van der Waals surface area contributed by atoms with Gasteiger partial charge in [-0.3, -0.25) is 0 Å². The number of nitrogens with zero attached hydrogens (tertiary/aromatic N) is 1. The highest BCUT2D eigenvalue weighted by molar-refractivity contribution is 5.58. The Bertz CT molecular complexity index is 113. The van der Waals surface area contributed by atoms with Gasteiger partial charge in [0.25, 0.3) is 0 Å². The van der Waals surface area contributed by atoms with Gasteiger partial charge in [0.2, 0.25) is 0 Å². The number of rotatable bonds is 0. The highest BCUT2D eigenvalue weighted by Gasteiger charge is 1.85. The maximum Gasteiger partial charge on any atom is 0.0884 e. The van der Waals surface area contributed by atoms with Crippen LogP contribution >= 0.6 is 0 Å². The van der Waals surface area contributed by atoms with Gasteiger partial charge in [-0.25, -0.2) is 4.99 Å². The smallest absolute Gasteiger partial charge is 0.0884 e. The molecule has 37 valence electrons. The molecule has 1 N–H and O–H groups in total. The molecule has 1 aliphatic heterocycles. The summed E-state index contributed by atoms with van der Waals surface area (Å²) >= 11 is 0. The third-order valence-corrected chi connectivity index (χ3v) is 0.777. The third-order valence-electron chi connectivity index (χ3n) is 0.777. The highest BCUT2D eigenvalue weighted by atomic mass is 15.0. The Labute approximate surface area is 42.9 Å². The molecule has 1 radical (unpaired) electrons. The molecule has 0 aromatic rings. The van der Waals surface area contributed by atoms with E-state index in [0.717, 1.165) is 12.2 Å². The quantitative estimate of drug-likeness (QED) is 0.461. The highest BCUT2D eigenvalue weighted by Crippen LogP contribution is 1.92. The second kappa shape index (κ2) is 1.78. The van der Waals surface area contributed by atoms with Crippen molar-refractivity contribution in [2.75, 3.05) is 6.54 Å². The molecule has 2 heteroatoms. The van der Waals surface area contributed by atoms with Crippen molar-refractivity contribution in [2.24, 2.45) is 4.99 Å². The summed E-state index contributed by atoms with van der Waals surface area (Å²) in [5, 5.41) is 2.91. The molecule has 7 heavy (non-hydrogen) atoms. The molecule has 0 aliphatic carbocycles. The normalized spacial score (nSPS) is 18.1. The minimum absolute atomic E-state index is 0.846. The Morgan fingerprint density at radius 1 is 1.86 bits per heavy atom. The van der Waals surface area contributed by atoms with Crippen molar-refractivity contribution >= 4 is 6.34 Å². The Hall–Kier alpha value is -0.790. The molecule has 0 aromatic carbocycles. The lowest BCUT2D eigenvalue weighted by Crippen LogP contribution is -2.13. The third kappa shape index (κ3) is 1.03. The van der Waals surface area contributed by atoms with E-state index in [4.69, 9.17) is 0 Å². The molecule has 0 atom stereocenters. The second-order valence-corrected chi connectivity index (χ2v) is 1.36. The Kier molecular flexibility index (Phi) is 1.11. The SMILES string of the molecule is [CH2]C1=CCNC=N1. The van der Waals surface area contributed by atoms with E-state index >= 15 is 0 Å². The van der Waals surface area contributed by atoms with Crippen LogP contribution in [0.15, 0.2) is 16.8 Å². The van der Waals surface area contributed by atoms with Gasteiger partial charge in [0.15, 0.2) is 0 Å². The van der Waals surface area contributed by atoms with Crippen LogP contribution in [0.3, 0.4) is 0 Å². The summed E-state index contributed by atoms with van der Waals surface area (Å²) in [6, 6.07) is 0. The first kappa shape index (κ1) is 4.37. The van der Waals surface area contributed by atoms with E-state index in [1.165, 1.54) is 0 Å². The molecule has 0 fully saturated rings. The lowest BCUT2D eigenvalue weighted by atomic mass is 10.4. The predicted molar refractivity (Wildman–Crippen MR) is 29.9 cm³/mol. The lowest BCUT2D eigenvalue weighted by molar-refractivity contribution is 1.02. The molecule has 0 saturated carbocycles. The van der Waals surface area contributed by atoms with Crippen LogP contribution in [-0.4, -0.2) is 12.9 Å². The standard InChI is InChI=1S/C5H7N2/c1-5-2-3-6-4-7-5/h2,4H,1,3H2,(H,6,7). The number of nitrogens with one attached hydrogen (secondary N) is 1. The Morgan fingerprint density at radius 3 is 3.00 bits per heavy atom. The van der Waals surface area contributed by atoms with Crippen molar-refractivity contribution in [3.05, 3.63) is 18.7 Å². The van der Waals surface area contributed by atoms with Gasteiger partial charge in [-0.2, -0.15) is 0 Å².